The fourth-order valence-electron chi connectivity index (χ4n) is 2.07. The summed E-state index contributed by atoms with van der Waals surface area (Å²) in [5.74, 6) is 0. The fourth-order valence-corrected chi connectivity index (χ4v) is 2.07. The van der Waals surface area contributed by atoms with Gasteiger partial charge in [-0.2, -0.15) is 5.10 Å². The van der Waals surface area contributed by atoms with Crippen LogP contribution in [0.1, 0.15) is 24.1 Å². The van der Waals surface area contributed by atoms with Gasteiger partial charge in [0, 0.05) is 29.0 Å². The molecule has 0 unspecified atom stereocenters. The zero-order valence-electron chi connectivity index (χ0n) is 7.38. The zero-order valence-corrected chi connectivity index (χ0v) is 7.38. The molecular formula is C10H11N3. The van der Waals surface area contributed by atoms with Gasteiger partial charge in [-0.15, -0.1) is 0 Å². The number of H-pyrrole nitrogens is 1. The normalized spacial score (nSPS) is 16.0. The van der Waals surface area contributed by atoms with E-state index in [2.05, 4.69) is 15.2 Å². The highest BCUT2D eigenvalue weighted by Gasteiger charge is 2.14. The highest BCUT2D eigenvalue weighted by Crippen LogP contribution is 2.25. The van der Waals surface area contributed by atoms with Crippen LogP contribution in [0.15, 0.2) is 12.4 Å². The van der Waals surface area contributed by atoms with E-state index in [1.54, 1.807) is 0 Å². The van der Waals surface area contributed by atoms with E-state index in [-0.39, 0.29) is 0 Å². The molecule has 0 bridgehead atoms. The van der Waals surface area contributed by atoms with Crippen molar-refractivity contribution >= 4 is 10.9 Å². The third-order valence-electron chi connectivity index (χ3n) is 2.75. The molecule has 1 aliphatic rings. The monoisotopic (exact) mass is 173 g/mol. The number of nitrogens with one attached hydrogen (secondary N) is 1. The van der Waals surface area contributed by atoms with Crippen molar-refractivity contribution in [1.29, 1.82) is 0 Å². The highest BCUT2D eigenvalue weighted by atomic mass is 15.1. The number of hydrogen-bond donors (Lipinski definition) is 1. The second-order valence-electron chi connectivity index (χ2n) is 3.58. The maximum absolute atomic E-state index is 4.46. The van der Waals surface area contributed by atoms with Gasteiger partial charge in [0.25, 0.3) is 0 Å². The zero-order chi connectivity index (χ0) is 8.67. The molecular weight excluding hydrogens is 162 g/mol. The van der Waals surface area contributed by atoms with Crippen molar-refractivity contribution in [1.82, 2.24) is 15.2 Å². The summed E-state index contributed by atoms with van der Waals surface area (Å²) in [6, 6.07) is 0. The predicted octanol–water partition coefficient (Wildman–Crippen LogP) is 1.84. The van der Waals surface area contributed by atoms with E-state index in [9.17, 15) is 0 Å². The van der Waals surface area contributed by atoms with Crippen molar-refractivity contribution in [3.05, 3.63) is 23.7 Å². The van der Waals surface area contributed by atoms with Gasteiger partial charge in [-0.1, -0.05) is 0 Å². The number of hydrogen-bond acceptors (Lipinski definition) is 2. The predicted molar refractivity (Wildman–Crippen MR) is 50.5 cm³/mol. The van der Waals surface area contributed by atoms with Crippen LogP contribution in [0, 0.1) is 0 Å². The quantitative estimate of drug-likeness (QED) is 0.660. The number of rotatable bonds is 0. The Hall–Kier alpha value is -1.38. The van der Waals surface area contributed by atoms with Gasteiger partial charge in [0.05, 0.1) is 5.52 Å². The average molecular weight is 173 g/mol. The van der Waals surface area contributed by atoms with Gasteiger partial charge in [0.15, 0.2) is 0 Å². The van der Waals surface area contributed by atoms with Crippen molar-refractivity contribution in [3.8, 4) is 0 Å². The lowest BCUT2D eigenvalue weighted by atomic mass is 9.95. The molecule has 2 aromatic heterocycles. The summed E-state index contributed by atoms with van der Waals surface area (Å²) in [6.45, 7) is 0. The van der Waals surface area contributed by atoms with Crippen LogP contribution in [0.25, 0.3) is 10.9 Å². The molecule has 0 radical (unpaired) electrons. The minimum atomic E-state index is 1.12. The van der Waals surface area contributed by atoms with E-state index >= 15 is 0 Å². The summed E-state index contributed by atoms with van der Waals surface area (Å²) >= 11 is 0. The highest BCUT2D eigenvalue weighted by molar-refractivity contribution is 5.81. The summed E-state index contributed by atoms with van der Waals surface area (Å²) in [7, 11) is 0. The van der Waals surface area contributed by atoms with Gasteiger partial charge in [-0.25, -0.2) is 0 Å². The van der Waals surface area contributed by atoms with Crippen LogP contribution in [0.2, 0.25) is 0 Å². The summed E-state index contributed by atoms with van der Waals surface area (Å²) in [5.41, 5.74) is 3.75. The molecule has 2 heterocycles. The van der Waals surface area contributed by atoms with Crippen molar-refractivity contribution in [2.24, 2.45) is 0 Å². The average Bonchev–Trinajstić information content (AvgIpc) is 2.65. The number of nitrogens with zero attached hydrogens (tertiary/aromatic N) is 2. The first-order valence-corrected chi connectivity index (χ1v) is 4.75. The molecule has 0 amide bonds. The van der Waals surface area contributed by atoms with Crippen molar-refractivity contribution < 1.29 is 0 Å². The van der Waals surface area contributed by atoms with E-state index in [4.69, 9.17) is 0 Å². The molecule has 66 valence electrons. The standard InChI is InChI=1S/C10H11N3/c1-2-4-9-8(3-1)10-7(5-11-9)6-12-13-10/h5-6H,1-4H2,(H,12,13). The molecule has 0 spiro atoms. The Labute approximate surface area is 76.2 Å². The number of aryl methyl sites for hydroxylation is 2. The Morgan fingerprint density at radius 1 is 1.23 bits per heavy atom. The fraction of sp³-hybridized carbons (Fsp3) is 0.400. The number of aromatic amines is 1. The van der Waals surface area contributed by atoms with Crippen LogP contribution in [0.3, 0.4) is 0 Å². The Bertz CT molecular complexity index is 444. The van der Waals surface area contributed by atoms with Crippen LogP contribution in [-0.2, 0) is 12.8 Å². The Morgan fingerprint density at radius 2 is 2.15 bits per heavy atom. The SMILES string of the molecule is c1nc2c(c3n[nH]cc13)CCCC2. The first-order chi connectivity index (χ1) is 6.45. The lowest BCUT2D eigenvalue weighted by Gasteiger charge is -2.13. The molecule has 3 rings (SSSR count). The van der Waals surface area contributed by atoms with Gasteiger partial charge in [-0.3, -0.25) is 10.1 Å². The molecule has 1 N–H and O–H groups in total. The van der Waals surface area contributed by atoms with E-state index in [0.29, 0.717) is 0 Å². The number of fused-ring (bicyclic) bond motifs is 3. The Balaban J connectivity index is 2.34. The van der Waals surface area contributed by atoms with Crippen LogP contribution in [-0.4, -0.2) is 15.2 Å². The molecule has 3 heteroatoms. The second-order valence-corrected chi connectivity index (χ2v) is 3.58. The van der Waals surface area contributed by atoms with Crippen LogP contribution >= 0.6 is 0 Å². The topological polar surface area (TPSA) is 41.6 Å². The van der Waals surface area contributed by atoms with Crippen molar-refractivity contribution in [2.75, 3.05) is 0 Å². The van der Waals surface area contributed by atoms with Gasteiger partial charge in [0.2, 0.25) is 0 Å². The molecule has 0 atom stereocenters. The van der Waals surface area contributed by atoms with E-state index in [1.807, 2.05) is 12.4 Å². The Kier molecular flexibility index (Phi) is 1.39. The number of aromatic nitrogens is 3. The third kappa shape index (κ3) is 0.963. The van der Waals surface area contributed by atoms with E-state index in [1.165, 1.54) is 24.1 Å². The minimum absolute atomic E-state index is 1.12. The largest absolute Gasteiger partial charge is 0.284 e. The van der Waals surface area contributed by atoms with Crippen LogP contribution in [0.4, 0.5) is 0 Å². The van der Waals surface area contributed by atoms with E-state index in [0.717, 1.165) is 23.7 Å². The molecule has 0 saturated heterocycles. The second kappa shape index (κ2) is 2.55. The summed E-state index contributed by atoms with van der Waals surface area (Å²) in [4.78, 5) is 4.46. The summed E-state index contributed by atoms with van der Waals surface area (Å²) in [6.07, 6.45) is 8.65. The molecule has 0 fully saturated rings. The minimum Gasteiger partial charge on any atom is -0.284 e. The van der Waals surface area contributed by atoms with Gasteiger partial charge in [-0.05, 0) is 25.7 Å². The number of pyridine rings is 1. The smallest absolute Gasteiger partial charge is 0.0986 e. The summed E-state index contributed by atoms with van der Waals surface area (Å²) in [5, 5.41) is 8.30. The van der Waals surface area contributed by atoms with Crippen molar-refractivity contribution in [3.63, 3.8) is 0 Å². The van der Waals surface area contributed by atoms with Gasteiger partial charge < -0.3 is 0 Å². The summed E-state index contributed by atoms with van der Waals surface area (Å²) < 4.78 is 0. The third-order valence-corrected chi connectivity index (χ3v) is 2.75. The first kappa shape index (κ1) is 7.06. The van der Waals surface area contributed by atoms with Crippen molar-refractivity contribution in [2.45, 2.75) is 25.7 Å². The molecule has 0 aromatic carbocycles. The van der Waals surface area contributed by atoms with Crippen LogP contribution in [0.5, 0.6) is 0 Å². The van der Waals surface area contributed by atoms with Gasteiger partial charge >= 0.3 is 0 Å². The molecule has 1 aliphatic carbocycles. The molecule has 3 nitrogen and oxygen atoms in total. The maximum Gasteiger partial charge on any atom is 0.0986 e. The van der Waals surface area contributed by atoms with E-state index < -0.39 is 0 Å². The maximum atomic E-state index is 4.46. The lowest BCUT2D eigenvalue weighted by Crippen LogP contribution is -2.05. The Morgan fingerprint density at radius 3 is 3.15 bits per heavy atom. The van der Waals surface area contributed by atoms with Gasteiger partial charge in [0.1, 0.15) is 0 Å². The molecule has 0 saturated carbocycles. The molecule has 13 heavy (non-hydrogen) atoms. The first-order valence-electron chi connectivity index (χ1n) is 4.75. The lowest BCUT2D eigenvalue weighted by molar-refractivity contribution is 0.672. The molecule has 2 aromatic rings. The van der Waals surface area contributed by atoms with Crippen LogP contribution < -0.4 is 0 Å². The molecule has 0 aliphatic heterocycles.